The topological polar surface area (TPSA) is 48.4 Å². The molecule has 0 aliphatic rings. The van der Waals surface area contributed by atoms with E-state index in [1.165, 1.54) is 14.2 Å². The largest absolute Gasteiger partial charge is 0.361 e. The lowest BCUT2D eigenvalue weighted by atomic mass is 10.0. The van der Waals surface area contributed by atoms with Gasteiger partial charge in [0.15, 0.2) is 0 Å². The molecule has 0 bridgehead atoms. The van der Waals surface area contributed by atoms with Crippen molar-refractivity contribution in [3.05, 3.63) is 60.9 Å². The smallest absolute Gasteiger partial charge is 0.309 e. The zero-order valence-electron chi connectivity index (χ0n) is 12.4. The van der Waals surface area contributed by atoms with Gasteiger partial charge in [-0.1, -0.05) is 30.3 Å². The molecule has 0 atom stereocenters. The number of rotatable bonds is 4. The highest BCUT2D eigenvalue weighted by molar-refractivity contribution is 7.62. The van der Waals surface area contributed by atoms with E-state index in [-0.39, 0.29) is 0 Å². The van der Waals surface area contributed by atoms with Crippen molar-refractivity contribution >= 4 is 23.7 Å². The molecule has 3 aromatic rings. The van der Waals surface area contributed by atoms with Gasteiger partial charge in [0, 0.05) is 32.2 Å². The zero-order chi connectivity index (χ0) is 15.6. The first-order valence-electron chi connectivity index (χ1n) is 6.83. The van der Waals surface area contributed by atoms with Crippen LogP contribution in [-0.2, 0) is 13.6 Å². The van der Waals surface area contributed by atoms with E-state index in [0.29, 0.717) is 5.30 Å². The molecule has 1 heterocycles. The van der Waals surface area contributed by atoms with Crippen LogP contribution in [0.4, 0.5) is 0 Å². The highest BCUT2D eigenvalue weighted by Gasteiger charge is 2.28. The predicted octanol–water partition coefficient (Wildman–Crippen LogP) is 4.01. The Balaban J connectivity index is 2.35. The Bertz CT molecular complexity index is 841. The lowest BCUT2D eigenvalue weighted by molar-refractivity contribution is 0.287. The quantitative estimate of drug-likeness (QED) is 0.683. The molecule has 5 heteroatoms. The number of benzene rings is 2. The Hall–Kier alpha value is -2.00. The number of hydrogen-bond donors (Lipinski definition) is 0. The Labute approximate surface area is 129 Å². The van der Waals surface area contributed by atoms with Crippen molar-refractivity contribution < 1.29 is 13.6 Å². The van der Waals surface area contributed by atoms with Crippen molar-refractivity contribution in [1.82, 2.24) is 4.98 Å². The summed E-state index contributed by atoms with van der Waals surface area (Å²) < 4.78 is 23.3. The van der Waals surface area contributed by atoms with E-state index in [9.17, 15) is 4.57 Å². The van der Waals surface area contributed by atoms with E-state index >= 15 is 0 Å². The molecule has 0 saturated carbocycles. The first kappa shape index (κ1) is 14.9. The van der Waals surface area contributed by atoms with Crippen LogP contribution < -0.4 is 5.30 Å². The minimum Gasteiger partial charge on any atom is -0.309 e. The Morgan fingerprint density at radius 3 is 2.23 bits per heavy atom. The maximum Gasteiger partial charge on any atom is 0.361 e. The average Bonchev–Trinajstić information content (AvgIpc) is 2.60. The Kier molecular flexibility index (Phi) is 4.08. The molecule has 3 rings (SSSR count). The molecule has 0 saturated heterocycles. The maximum atomic E-state index is 12.9. The monoisotopic (exact) mass is 313 g/mol. The van der Waals surface area contributed by atoms with Crippen LogP contribution in [0.2, 0.25) is 0 Å². The molecule has 2 aromatic carbocycles. The number of aromatic nitrogens is 1. The molecule has 0 unspecified atom stereocenters. The van der Waals surface area contributed by atoms with Gasteiger partial charge < -0.3 is 9.05 Å². The number of hydrogen-bond acceptors (Lipinski definition) is 4. The fraction of sp³-hybridized carbons (Fsp3) is 0.118. The second-order valence-electron chi connectivity index (χ2n) is 4.82. The van der Waals surface area contributed by atoms with Gasteiger partial charge in [-0.15, -0.1) is 0 Å². The zero-order valence-corrected chi connectivity index (χ0v) is 13.3. The fourth-order valence-electron chi connectivity index (χ4n) is 2.48. The molecule has 1 aromatic heterocycles. The molecular weight excluding hydrogens is 297 g/mol. The van der Waals surface area contributed by atoms with E-state index < -0.39 is 7.60 Å². The van der Waals surface area contributed by atoms with Crippen LogP contribution in [0.3, 0.4) is 0 Å². The summed E-state index contributed by atoms with van der Waals surface area (Å²) >= 11 is 0. The highest BCUT2D eigenvalue weighted by atomic mass is 31.2. The lowest BCUT2D eigenvalue weighted by Crippen LogP contribution is -2.11. The van der Waals surface area contributed by atoms with Crippen LogP contribution in [0.25, 0.3) is 21.9 Å². The van der Waals surface area contributed by atoms with Gasteiger partial charge in [-0.25, -0.2) is 0 Å². The lowest BCUT2D eigenvalue weighted by Gasteiger charge is -2.18. The third-order valence-electron chi connectivity index (χ3n) is 3.61. The van der Waals surface area contributed by atoms with E-state index in [0.717, 1.165) is 21.9 Å². The molecule has 0 spiro atoms. The number of nitrogens with zero attached hydrogens (tertiary/aromatic N) is 1. The van der Waals surface area contributed by atoms with Crippen molar-refractivity contribution in [2.75, 3.05) is 14.2 Å². The van der Waals surface area contributed by atoms with E-state index in [4.69, 9.17) is 9.05 Å². The van der Waals surface area contributed by atoms with Crippen molar-refractivity contribution in [3.8, 4) is 11.1 Å². The molecule has 0 fully saturated rings. The second kappa shape index (κ2) is 6.01. The van der Waals surface area contributed by atoms with Crippen LogP contribution in [0, 0.1) is 0 Å². The molecule has 22 heavy (non-hydrogen) atoms. The third kappa shape index (κ3) is 2.57. The minimum atomic E-state index is -3.37. The Morgan fingerprint density at radius 1 is 0.955 bits per heavy atom. The van der Waals surface area contributed by atoms with Gasteiger partial charge in [0.1, 0.15) is 0 Å². The van der Waals surface area contributed by atoms with Gasteiger partial charge in [-0.2, -0.15) is 0 Å². The van der Waals surface area contributed by atoms with E-state index in [1.54, 1.807) is 12.4 Å². The van der Waals surface area contributed by atoms with E-state index in [1.807, 2.05) is 48.5 Å². The summed E-state index contributed by atoms with van der Waals surface area (Å²) in [5.74, 6) is 0. The standard InChI is InChI=1S/C17H16NO3P/c1-20-22(19,21-2)17-11-14-7-4-3-6-13(14)10-16(17)15-8-5-9-18-12-15/h3-12H,1-2H3. The molecule has 0 aliphatic carbocycles. The van der Waals surface area contributed by atoms with E-state index in [2.05, 4.69) is 4.98 Å². The fourth-order valence-corrected chi connectivity index (χ4v) is 3.81. The van der Waals surface area contributed by atoms with Crippen molar-refractivity contribution in [2.45, 2.75) is 0 Å². The van der Waals surface area contributed by atoms with Gasteiger partial charge in [-0.05, 0) is 34.5 Å². The first-order chi connectivity index (χ1) is 10.7. The van der Waals surface area contributed by atoms with Crippen LogP contribution >= 0.6 is 7.60 Å². The summed E-state index contributed by atoms with van der Waals surface area (Å²) in [6.45, 7) is 0. The molecule has 0 N–H and O–H groups in total. The molecular formula is C17H16NO3P. The van der Waals surface area contributed by atoms with Crippen LogP contribution in [-0.4, -0.2) is 19.2 Å². The summed E-state index contributed by atoms with van der Waals surface area (Å²) in [6.07, 6.45) is 3.44. The predicted molar refractivity (Wildman–Crippen MR) is 88.4 cm³/mol. The highest BCUT2D eigenvalue weighted by Crippen LogP contribution is 2.48. The Morgan fingerprint density at radius 2 is 1.64 bits per heavy atom. The summed E-state index contributed by atoms with van der Waals surface area (Å²) in [5, 5.41) is 2.59. The summed E-state index contributed by atoms with van der Waals surface area (Å²) in [4.78, 5) is 4.14. The molecule has 0 radical (unpaired) electrons. The first-order valence-corrected chi connectivity index (χ1v) is 8.37. The summed E-state index contributed by atoms with van der Waals surface area (Å²) in [5.41, 5.74) is 1.68. The SMILES string of the molecule is COP(=O)(OC)c1cc2ccccc2cc1-c1cccnc1. The van der Waals surface area contributed by atoms with Gasteiger partial charge in [0.05, 0.1) is 5.30 Å². The molecule has 4 nitrogen and oxygen atoms in total. The van der Waals surface area contributed by atoms with Gasteiger partial charge in [0.25, 0.3) is 0 Å². The number of pyridine rings is 1. The van der Waals surface area contributed by atoms with Gasteiger partial charge in [0.2, 0.25) is 0 Å². The van der Waals surface area contributed by atoms with Crippen LogP contribution in [0.1, 0.15) is 0 Å². The summed E-state index contributed by atoms with van der Waals surface area (Å²) in [6, 6.07) is 15.5. The van der Waals surface area contributed by atoms with Crippen molar-refractivity contribution in [2.24, 2.45) is 0 Å². The van der Waals surface area contributed by atoms with Gasteiger partial charge in [-0.3, -0.25) is 9.55 Å². The van der Waals surface area contributed by atoms with Crippen molar-refractivity contribution in [3.63, 3.8) is 0 Å². The second-order valence-corrected chi connectivity index (χ2v) is 7.03. The average molecular weight is 313 g/mol. The molecule has 0 amide bonds. The van der Waals surface area contributed by atoms with Crippen LogP contribution in [0.15, 0.2) is 60.9 Å². The normalized spacial score (nSPS) is 11.7. The summed E-state index contributed by atoms with van der Waals surface area (Å²) in [7, 11) is -0.578. The minimum absolute atomic E-state index is 0.546. The van der Waals surface area contributed by atoms with Crippen molar-refractivity contribution in [1.29, 1.82) is 0 Å². The maximum absolute atomic E-state index is 12.9. The molecule has 0 aliphatic heterocycles. The van der Waals surface area contributed by atoms with Crippen LogP contribution in [0.5, 0.6) is 0 Å². The molecule has 112 valence electrons. The van der Waals surface area contributed by atoms with Gasteiger partial charge >= 0.3 is 7.60 Å². The third-order valence-corrected chi connectivity index (χ3v) is 5.53. The number of fused-ring (bicyclic) bond motifs is 1.